The van der Waals surface area contributed by atoms with Gasteiger partial charge >= 0.3 is 0 Å². The van der Waals surface area contributed by atoms with E-state index in [0.29, 0.717) is 11.3 Å². The second kappa shape index (κ2) is 8.54. The Bertz CT molecular complexity index is 851. The second-order valence-electron chi connectivity index (χ2n) is 10.4. The van der Waals surface area contributed by atoms with Crippen molar-refractivity contribution in [1.82, 2.24) is 0 Å². The van der Waals surface area contributed by atoms with Gasteiger partial charge in [-0.3, -0.25) is 0 Å². The topological polar surface area (TPSA) is 12.0 Å². The van der Waals surface area contributed by atoms with Crippen molar-refractivity contribution in [1.29, 1.82) is 0 Å². The monoisotopic (exact) mass is 463 g/mol. The highest BCUT2D eigenvalue weighted by Crippen LogP contribution is 2.64. The first-order valence-corrected chi connectivity index (χ1v) is 12.6. The van der Waals surface area contributed by atoms with Crippen LogP contribution in [0.2, 0.25) is 0 Å². The molecule has 0 saturated heterocycles. The molecule has 4 aliphatic rings. The van der Waals surface area contributed by atoms with E-state index in [1.807, 2.05) is 0 Å². The van der Waals surface area contributed by atoms with Crippen molar-refractivity contribution < 1.29 is 0 Å². The molecule has 4 saturated carbocycles. The zero-order chi connectivity index (χ0) is 20.6. The average Bonchev–Trinajstić information content (AvgIpc) is 2.71. The maximum Gasteiger partial charge on any atom is 0.0381 e. The Morgan fingerprint density at radius 3 is 2.27 bits per heavy atom. The summed E-state index contributed by atoms with van der Waals surface area (Å²) in [7, 11) is 0. The summed E-state index contributed by atoms with van der Waals surface area (Å²) < 4.78 is 1.19. The van der Waals surface area contributed by atoms with Crippen LogP contribution in [0, 0.1) is 29.1 Å². The van der Waals surface area contributed by atoms with Crippen LogP contribution >= 0.6 is 15.9 Å². The molecule has 0 radical (unpaired) electrons. The molecule has 4 aliphatic carbocycles. The summed E-state index contributed by atoms with van der Waals surface area (Å²) in [6, 6.07) is 19.5. The maximum atomic E-state index is 4.63. The van der Waals surface area contributed by atoms with Crippen LogP contribution in [0.3, 0.4) is 0 Å². The average molecular weight is 464 g/mol. The number of benzene rings is 2. The van der Waals surface area contributed by atoms with Crippen molar-refractivity contribution in [2.24, 2.45) is 29.1 Å². The molecule has 0 spiro atoms. The first kappa shape index (κ1) is 20.4. The molecule has 0 aliphatic heterocycles. The van der Waals surface area contributed by atoms with Crippen molar-refractivity contribution >= 4 is 21.6 Å². The summed E-state index contributed by atoms with van der Waals surface area (Å²) in [6.07, 6.45) is 12.5. The van der Waals surface area contributed by atoms with Gasteiger partial charge in [-0.05, 0) is 111 Å². The maximum absolute atomic E-state index is 4.63. The highest BCUT2D eigenvalue weighted by molar-refractivity contribution is 9.10. The number of halogens is 1. The van der Waals surface area contributed by atoms with E-state index in [2.05, 4.69) is 82.4 Å². The van der Waals surface area contributed by atoms with Crippen molar-refractivity contribution in [3.63, 3.8) is 0 Å². The third kappa shape index (κ3) is 4.26. The second-order valence-corrected chi connectivity index (χ2v) is 11.3. The Hall–Kier alpha value is -1.54. The minimum atomic E-state index is 0.491. The van der Waals surface area contributed by atoms with E-state index in [4.69, 9.17) is 0 Å². The Labute approximate surface area is 190 Å². The van der Waals surface area contributed by atoms with Gasteiger partial charge in [-0.1, -0.05) is 52.8 Å². The molecule has 2 heteroatoms. The van der Waals surface area contributed by atoms with Gasteiger partial charge < -0.3 is 5.32 Å². The lowest BCUT2D eigenvalue weighted by atomic mass is 9.46. The largest absolute Gasteiger partial charge is 0.359 e. The van der Waals surface area contributed by atoms with Crippen LogP contribution in [-0.2, 0) is 6.42 Å². The number of hydrogen-bond donors (Lipinski definition) is 1. The van der Waals surface area contributed by atoms with Crippen molar-refractivity contribution in [2.75, 3.05) is 5.32 Å². The number of nitrogens with one attached hydrogen (secondary N) is 1. The van der Waals surface area contributed by atoms with E-state index < -0.39 is 0 Å². The van der Waals surface area contributed by atoms with Gasteiger partial charge in [-0.25, -0.2) is 0 Å². The van der Waals surface area contributed by atoms with Gasteiger partial charge in [0.1, 0.15) is 0 Å². The third-order valence-electron chi connectivity index (χ3n) is 8.17. The van der Waals surface area contributed by atoms with Crippen LogP contribution in [0.4, 0.5) is 5.69 Å². The number of allylic oxidation sites excluding steroid dienone is 1. The standard InChI is InChI=1S/C28H34BrN/c1-20(30-26-10-3-2-4-11-26)27(12-6-8-21-7-5-9-25(29)16-21)28-17-22-13-23(18-28)15-24(14-22)19-28/h2-5,7,9-11,16,22-24,27,30H,1,6,8,12-15,17-19H2. The zero-order valence-corrected chi connectivity index (χ0v) is 19.5. The summed E-state index contributed by atoms with van der Waals surface area (Å²) in [5, 5.41) is 3.72. The number of anilines is 1. The van der Waals surface area contributed by atoms with E-state index in [-0.39, 0.29) is 0 Å². The summed E-state index contributed by atoms with van der Waals surface area (Å²) in [6.45, 7) is 4.63. The van der Waals surface area contributed by atoms with Gasteiger partial charge in [-0.15, -0.1) is 0 Å². The molecule has 1 N–H and O–H groups in total. The fourth-order valence-electron chi connectivity index (χ4n) is 7.45. The lowest BCUT2D eigenvalue weighted by Gasteiger charge is -2.60. The van der Waals surface area contributed by atoms with Gasteiger partial charge in [0.2, 0.25) is 0 Å². The van der Waals surface area contributed by atoms with Crippen molar-refractivity contribution in [2.45, 2.75) is 57.8 Å². The van der Waals surface area contributed by atoms with Crippen molar-refractivity contribution in [3.8, 4) is 0 Å². The molecule has 1 unspecified atom stereocenters. The van der Waals surface area contributed by atoms with Crippen molar-refractivity contribution in [3.05, 3.63) is 76.9 Å². The van der Waals surface area contributed by atoms with Crippen LogP contribution in [0.5, 0.6) is 0 Å². The number of aryl methyl sites for hydroxylation is 1. The molecule has 1 atom stereocenters. The Balaban J connectivity index is 1.34. The fraction of sp³-hybridized carbons (Fsp3) is 0.500. The Morgan fingerprint density at radius 1 is 0.967 bits per heavy atom. The Kier molecular flexibility index (Phi) is 5.79. The predicted molar refractivity (Wildman–Crippen MR) is 130 cm³/mol. The molecule has 0 aromatic heterocycles. The number of rotatable bonds is 8. The quantitative estimate of drug-likeness (QED) is 0.415. The molecule has 0 heterocycles. The molecule has 2 aromatic carbocycles. The smallest absolute Gasteiger partial charge is 0.0381 e. The van der Waals surface area contributed by atoms with Crippen LogP contribution in [0.15, 0.2) is 71.3 Å². The highest BCUT2D eigenvalue weighted by Gasteiger charge is 2.54. The minimum Gasteiger partial charge on any atom is -0.359 e. The lowest BCUT2D eigenvalue weighted by molar-refractivity contribution is -0.0803. The third-order valence-corrected chi connectivity index (χ3v) is 8.66. The molecule has 30 heavy (non-hydrogen) atoms. The summed E-state index contributed by atoms with van der Waals surface area (Å²) >= 11 is 3.63. The highest BCUT2D eigenvalue weighted by atomic mass is 79.9. The fourth-order valence-corrected chi connectivity index (χ4v) is 7.90. The number of hydrogen-bond acceptors (Lipinski definition) is 1. The molecule has 4 bridgehead atoms. The SMILES string of the molecule is C=C(Nc1ccccc1)C(CCCc1cccc(Br)c1)C12CC3CC(CC(C3)C1)C2. The first-order valence-electron chi connectivity index (χ1n) is 11.8. The van der Waals surface area contributed by atoms with E-state index in [9.17, 15) is 0 Å². The zero-order valence-electron chi connectivity index (χ0n) is 18.0. The molecular weight excluding hydrogens is 430 g/mol. The summed E-state index contributed by atoms with van der Waals surface area (Å²) in [4.78, 5) is 0. The molecule has 6 rings (SSSR count). The lowest BCUT2D eigenvalue weighted by Crippen LogP contribution is -2.50. The molecule has 4 fully saturated rings. The minimum absolute atomic E-state index is 0.491. The van der Waals surface area contributed by atoms with Gasteiger partial charge in [0.05, 0.1) is 0 Å². The normalized spacial score (nSPS) is 30.2. The van der Waals surface area contributed by atoms with Gasteiger partial charge in [-0.2, -0.15) is 0 Å². The van der Waals surface area contributed by atoms with Crippen LogP contribution in [-0.4, -0.2) is 0 Å². The first-order chi connectivity index (χ1) is 14.6. The molecule has 0 amide bonds. The van der Waals surface area contributed by atoms with Crippen LogP contribution < -0.4 is 5.32 Å². The van der Waals surface area contributed by atoms with Crippen LogP contribution in [0.25, 0.3) is 0 Å². The number of para-hydroxylation sites is 1. The van der Waals surface area contributed by atoms with E-state index in [1.54, 1.807) is 0 Å². The molecule has 1 nitrogen and oxygen atoms in total. The molecule has 2 aromatic rings. The summed E-state index contributed by atoms with van der Waals surface area (Å²) in [5.74, 6) is 3.52. The Morgan fingerprint density at radius 2 is 1.63 bits per heavy atom. The van der Waals surface area contributed by atoms with Gasteiger partial charge in [0, 0.05) is 21.8 Å². The molecule has 158 valence electrons. The van der Waals surface area contributed by atoms with E-state index >= 15 is 0 Å². The van der Waals surface area contributed by atoms with Gasteiger partial charge in [0.15, 0.2) is 0 Å². The van der Waals surface area contributed by atoms with E-state index in [1.165, 1.54) is 72.8 Å². The van der Waals surface area contributed by atoms with Crippen LogP contribution in [0.1, 0.15) is 56.9 Å². The van der Waals surface area contributed by atoms with E-state index in [0.717, 1.165) is 24.2 Å². The molecular formula is C28H34BrN. The van der Waals surface area contributed by atoms with Gasteiger partial charge in [0.25, 0.3) is 0 Å². The predicted octanol–water partition coefficient (Wildman–Crippen LogP) is 8.23. The summed E-state index contributed by atoms with van der Waals surface area (Å²) in [5.41, 5.74) is 4.38.